The van der Waals surface area contributed by atoms with Crippen LogP contribution in [-0.4, -0.2) is 66.0 Å². The van der Waals surface area contributed by atoms with Crippen LogP contribution in [0.25, 0.3) is 0 Å². The number of hydrogen-bond acceptors (Lipinski definition) is 5. The molecule has 2 N–H and O–H groups in total. The number of rotatable bonds is 12. The van der Waals surface area contributed by atoms with E-state index in [1.54, 1.807) is 57.3 Å². The second-order valence-corrected chi connectivity index (χ2v) is 20.7. The van der Waals surface area contributed by atoms with Crippen LogP contribution in [0, 0.1) is 5.92 Å². The van der Waals surface area contributed by atoms with E-state index >= 15 is 0 Å². The lowest BCUT2D eigenvalue weighted by Gasteiger charge is -2.43. The number of ether oxygens (including phenoxy) is 1. The van der Waals surface area contributed by atoms with Crippen molar-refractivity contribution in [3.63, 3.8) is 0 Å². The number of hydrogen-bond donors (Lipinski definition) is 2. The molecule has 0 saturated heterocycles. The summed E-state index contributed by atoms with van der Waals surface area (Å²) >= 11 is 2.18. The molecule has 13 heteroatoms. The van der Waals surface area contributed by atoms with Gasteiger partial charge in [0.2, 0.25) is 5.91 Å². The first-order valence-corrected chi connectivity index (χ1v) is 19.5. The summed E-state index contributed by atoms with van der Waals surface area (Å²) in [6.45, 7) is 11.7. The fourth-order valence-electron chi connectivity index (χ4n) is 4.89. The Morgan fingerprint density at radius 1 is 1.00 bits per heavy atom. The molecule has 0 radical (unpaired) electrons. The average Bonchev–Trinajstić information content (AvgIpc) is 2.96. The Labute approximate surface area is 290 Å². The van der Waals surface area contributed by atoms with E-state index in [0.29, 0.717) is 6.42 Å². The number of carbonyl (C=O) groups excluding carboxylic acids is 3. The maximum absolute atomic E-state index is 14.5. The SMILES string of the molecule is CC(C)C(NC(=O)CN1CC(I)(Cc2ccccc2)C=C(NC(=O)OCc2ccccc2)C1=O)C(O[Si](C)(C)C(C)(C)C)C(F)(F)F. The molecule has 2 aromatic rings. The molecule has 1 aliphatic heterocycles. The van der Waals surface area contributed by atoms with Crippen molar-refractivity contribution in [3.05, 3.63) is 83.6 Å². The molecule has 0 bridgehead atoms. The summed E-state index contributed by atoms with van der Waals surface area (Å²) in [6.07, 6.45) is -5.73. The van der Waals surface area contributed by atoms with Gasteiger partial charge < -0.3 is 19.4 Å². The molecule has 0 saturated carbocycles. The molecule has 3 rings (SSSR count). The van der Waals surface area contributed by atoms with E-state index in [0.717, 1.165) is 11.1 Å². The van der Waals surface area contributed by atoms with Gasteiger partial charge in [0, 0.05) is 6.54 Å². The summed E-state index contributed by atoms with van der Waals surface area (Å²) in [5.74, 6) is -2.05. The summed E-state index contributed by atoms with van der Waals surface area (Å²) < 4.78 is 53.9. The predicted molar refractivity (Wildman–Crippen MR) is 186 cm³/mol. The first-order chi connectivity index (χ1) is 21.7. The zero-order valence-electron chi connectivity index (χ0n) is 27.9. The number of halogens is 4. The first-order valence-electron chi connectivity index (χ1n) is 15.5. The normalized spacial score (nSPS) is 18.8. The molecular formula is C34H45F3IN3O5Si. The molecule has 0 aliphatic carbocycles. The minimum atomic E-state index is -4.74. The van der Waals surface area contributed by atoms with E-state index in [4.69, 9.17) is 9.16 Å². The van der Waals surface area contributed by atoms with Gasteiger partial charge in [0.15, 0.2) is 14.4 Å². The van der Waals surface area contributed by atoms with Crippen molar-refractivity contribution in [2.75, 3.05) is 13.1 Å². The molecule has 3 atom stereocenters. The Balaban J connectivity index is 1.84. The fourth-order valence-corrected chi connectivity index (χ4v) is 7.32. The third-order valence-corrected chi connectivity index (χ3v) is 13.9. The molecule has 1 aliphatic rings. The Bertz CT molecular complexity index is 1420. The number of amides is 3. The third-order valence-electron chi connectivity index (χ3n) is 8.42. The Kier molecular flexibility index (Phi) is 12.7. The van der Waals surface area contributed by atoms with Gasteiger partial charge in [-0.3, -0.25) is 14.9 Å². The highest BCUT2D eigenvalue weighted by Crippen LogP contribution is 2.41. The number of nitrogens with one attached hydrogen (secondary N) is 2. The summed E-state index contributed by atoms with van der Waals surface area (Å²) in [6, 6.07) is 17.1. The molecule has 3 amide bonds. The van der Waals surface area contributed by atoms with Crippen LogP contribution in [0.2, 0.25) is 18.1 Å². The molecule has 0 aromatic heterocycles. The van der Waals surface area contributed by atoms with Crippen molar-refractivity contribution in [3.8, 4) is 0 Å². The van der Waals surface area contributed by atoms with Crippen LogP contribution in [0.15, 0.2) is 72.4 Å². The molecule has 1 heterocycles. The predicted octanol–water partition coefficient (Wildman–Crippen LogP) is 7.15. The Hall–Kier alpha value is -2.91. The molecule has 47 heavy (non-hydrogen) atoms. The second kappa shape index (κ2) is 15.5. The van der Waals surface area contributed by atoms with Crippen molar-refractivity contribution in [1.29, 1.82) is 0 Å². The van der Waals surface area contributed by atoms with Gasteiger partial charge >= 0.3 is 12.3 Å². The molecule has 3 unspecified atom stereocenters. The smallest absolute Gasteiger partial charge is 0.415 e. The molecule has 2 aromatic carbocycles. The quantitative estimate of drug-likeness (QED) is 0.136. The summed E-state index contributed by atoms with van der Waals surface area (Å²) in [4.78, 5) is 41.1. The van der Waals surface area contributed by atoms with Crippen LogP contribution in [0.4, 0.5) is 18.0 Å². The molecule has 258 valence electrons. The summed E-state index contributed by atoms with van der Waals surface area (Å²) in [5.41, 5.74) is 1.63. The maximum Gasteiger partial charge on any atom is 0.415 e. The summed E-state index contributed by atoms with van der Waals surface area (Å²) in [5, 5.41) is 4.58. The number of benzene rings is 2. The minimum absolute atomic E-state index is 0.0203. The first kappa shape index (κ1) is 38.5. The fraction of sp³-hybridized carbons (Fsp3) is 0.500. The van der Waals surface area contributed by atoms with Crippen molar-refractivity contribution in [2.24, 2.45) is 5.92 Å². The number of nitrogens with zero attached hydrogens (tertiary/aromatic N) is 1. The maximum atomic E-state index is 14.5. The molecular weight excluding hydrogens is 742 g/mol. The zero-order chi connectivity index (χ0) is 35.2. The Morgan fingerprint density at radius 3 is 2.06 bits per heavy atom. The van der Waals surface area contributed by atoms with Gasteiger partial charge in [-0.1, -0.05) is 118 Å². The van der Waals surface area contributed by atoms with Gasteiger partial charge in [0.1, 0.15) is 12.3 Å². The Morgan fingerprint density at radius 2 is 1.55 bits per heavy atom. The monoisotopic (exact) mass is 787 g/mol. The highest BCUT2D eigenvalue weighted by molar-refractivity contribution is 14.1. The largest absolute Gasteiger partial charge is 0.444 e. The standard InChI is InChI=1S/C34H45F3IN3O5Si/c1-23(2)28(29(34(35,36)37)46-47(6,7)32(3,4)5)40-27(42)20-41-22-33(38,18-24-14-10-8-11-15-24)19-26(30(41)43)39-31(44)45-21-25-16-12-9-13-17-25/h8-17,19,23,28-29H,18,20-22H2,1-7H3,(H,39,44)(H,40,42). The van der Waals surface area contributed by atoms with E-state index in [1.165, 1.54) is 4.90 Å². The van der Waals surface area contributed by atoms with Crippen molar-refractivity contribution < 1.29 is 36.7 Å². The van der Waals surface area contributed by atoms with E-state index < -0.39 is 65.5 Å². The summed E-state index contributed by atoms with van der Waals surface area (Å²) in [7, 11) is -2.90. The number of alkyl carbamates (subject to hydrolysis) is 1. The van der Waals surface area contributed by atoms with Crippen molar-refractivity contribution >= 4 is 48.8 Å². The van der Waals surface area contributed by atoms with Gasteiger partial charge in [-0.2, -0.15) is 13.2 Å². The number of carbonyl (C=O) groups is 3. The van der Waals surface area contributed by atoms with Crippen LogP contribution >= 0.6 is 22.6 Å². The topological polar surface area (TPSA) is 97.0 Å². The third kappa shape index (κ3) is 11.1. The van der Waals surface area contributed by atoms with E-state index in [9.17, 15) is 27.6 Å². The van der Waals surface area contributed by atoms with Crippen LogP contribution < -0.4 is 10.6 Å². The highest BCUT2D eigenvalue weighted by atomic mass is 127. The van der Waals surface area contributed by atoms with Crippen molar-refractivity contribution in [2.45, 2.75) is 87.5 Å². The molecule has 8 nitrogen and oxygen atoms in total. The number of alkyl halides is 4. The zero-order valence-corrected chi connectivity index (χ0v) is 31.1. The van der Waals surface area contributed by atoms with Crippen LogP contribution in [0.5, 0.6) is 0 Å². The van der Waals surface area contributed by atoms with E-state index in [-0.39, 0.29) is 18.8 Å². The van der Waals surface area contributed by atoms with Crippen LogP contribution in [0.3, 0.4) is 0 Å². The minimum Gasteiger partial charge on any atom is -0.444 e. The lowest BCUT2D eigenvalue weighted by Crippen LogP contribution is -2.60. The van der Waals surface area contributed by atoms with Gasteiger partial charge in [0.05, 0.1) is 16.0 Å². The van der Waals surface area contributed by atoms with Crippen LogP contribution in [0.1, 0.15) is 45.7 Å². The van der Waals surface area contributed by atoms with E-state index in [2.05, 4.69) is 33.2 Å². The van der Waals surface area contributed by atoms with E-state index in [1.807, 2.05) is 57.2 Å². The van der Waals surface area contributed by atoms with Gasteiger partial charge in [-0.25, -0.2) is 4.79 Å². The highest BCUT2D eigenvalue weighted by Gasteiger charge is 2.52. The second-order valence-electron chi connectivity index (χ2n) is 13.8. The molecule has 0 fully saturated rings. The average molecular weight is 788 g/mol. The van der Waals surface area contributed by atoms with Crippen LogP contribution in [-0.2, 0) is 31.8 Å². The lowest BCUT2D eigenvalue weighted by atomic mass is 9.94. The molecule has 0 spiro atoms. The lowest BCUT2D eigenvalue weighted by molar-refractivity contribution is -0.210. The van der Waals surface area contributed by atoms with Gasteiger partial charge in [-0.15, -0.1) is 0 Å². The van der Waals surface area contributed by atoms with Gasteiger partial charge in [-0.05, 0) is 47.7 Å². The van der Waals surface area contributed by atoms with Gasteiger partial charge in [0.25, 0.3) is 5.91 Å². The van der Waals surface area contributed by atoms with Crippen molar-refractivity contribution in [1.82, 2.24) is 15.5 Å².